The molecule has 98 valence electrons. The van der Waals surface area contributed by atoms with E-state index >= 15 is 0 Å². The Bertz CT molecular complexity index is 445. The first-order valence-electron chi connectivity index (χ1n) is 6.07. The molecule has 1 aliphatic rings. The van der Waals surface area contributed by atoms with E-state index in [1.807, 2.05) is 6.92 Å². The zero-order valence-electron chi connectivity index (χ0n) is 10.3. The number of hydrogen-bond acceptors (Lipinski definition) is 3. The van der Waals surface area contributed by atoms with Crippen LogP contribution in [0.5, 0.6) is 0 Å². The molecule has 0 unspecified atom stereocenters. The van der Waals surface area contributed by atoms with Gasteiger partial charge in [0.2, 0.25) is 0 Å². The van der Waals surface area contributed by atoms with Crippen molar-refractivity contribution in [1.82, 2.24) is 5.32 Å². The topological polar surface area (TPSA) is 64.3 Å². The number of hydrogen-bond donors (Lipinski definition) is 2. The van der Waals surface area contributed by atoms with Crippen LogP contribution in [0.3, 0.4) is 0 Å². The van der Waals surface area contributed by atoms with E-state index in [1.54, 1.807) is 18.2 Å². The highest BCUT2D eigenvalue weighted by Crippen LogP contribution is 2.24. The van der Waals surface area contributed by atoms with E-state index in [-0.39, 0.29) is 18.1 Å². The number of nitrogens with one attached hydrogen (secondary N) is 1. The first kappa shape index (κ1) is 13.2. The van der Waals surface area contributed by atoms with E-state index in [2.05, 4.69) is 5.32 Å². The quantitative estimate of drug-likeness (QED) is 0.823. The second kappa shape index (κ2) is 5.59. The number of nitrogen functional groups attached to an aromatic ring is 1. The van der Waals surface area contributed by atoms with E-state index in [0.29, 0.717) is 16.3 Å². The van der Waals surface area contributed by atoms with Crippen LogP contribution >= 0.6 is 11.6 Å². The third-order valence-corrected chi connectivity index (χ3v) is 3.43. The number of ether oxygens (including phenoxy) is 1. The van der Waals surface area contributed by atoms with Gasteiger partial charge in [-0.1, -0.05) is 11.6 Å². The summed E-state index contributed by atoms with van der Waals surface area (Å²) in [6, 6.07) is 5.10. The largest absolute Gasteiger partial charge is 0.398 e. The normalized spacial score (nSPS) is 22.3. The summed E-state index contributed by atoms with van der Waals surface area (Å²) >= 11 is 5.81. The van der Waals surface area contributed by atoms with E-state index in [9.17, 15) is 4.79 Å². The molecule has 18 heavy (non-hydrogen) atoms. The fourth-order valence-corrected chi connectivity index (χ4v) is 2.13. The van der Waals surface area contributed by atoms with Crippen LogP contribution in [0.2, 0.25) is 5.02 Å². The Balaban J connectivity index is 1.87. The highest BCUT2D eigenvalue weighted by Gasteiger charge is 2.30. The van der Waals surface area contributed by atoms with Gasteiger partial charge in [0.25, 0.3) is 5.91 Å². The number of rotatable bonds is 4. The molecule has 1 amide bonds. The lowest BCUT2D eigenvalue weighted by Crippen LogP contribution is -2.47. The minimum absolute atomic E-state index is 0.113. The number of carbonyl (C=O) groups excluding carboxylic acids is 1. The maximum absolute atomic E-state index is 11.9. The van der Waals surface area contributed by atoms with Crippen molar-refractivity contribution in [3.05, 3.63) is 28.8 Å². The predicted octanol–water partition coefficient (Wildman–Crippen LogP) is 2.22. The Hall–Kier alpha value is -1.26. The fraction of sp³-hybridized carbons (Fsp3) is 0.462. The Labute approximate surface area is 111 Å². The van der Waals surface area contributed by atoms with Crippen LogP contribution < -0.4 is 11.1 Å². The summed E-state index contributed by atoms with van der Waals surface area (Å²) in [5, 5.41) is 3.41. The lowest BCUT2D eigenvalue weighted by atomic mass is 9.89. The van der Waals surface area contributed by atoms with E-state index in [1.165, 1.54) is 0 Å². The van der Waals surface area contributed by atoms with Gasteiger partial charge in [-0.15, -0.1) is 0 Å². The zero-order valence-corrected chi connectivity index (χ0v) is 11.0. The van der Waals surface area contributed by atoms with Crippen LogP contribution in [-0.4, -0.2) is 24.7 Å². The molecule has 0 spiro atoms. The molecule has 3 N–H and O–H groups in total. The summed E-state index contributed by atoms with van der Waals surface area (Å²) in [5.41, 5.74) is 6.63. The van der Waals surface area contributed by atoms with Gasteiger partial charge in [0, 0.05) is 18.2 Å². The number of halogens is 1. The zero-order chi connectivity index (χ0) is 13.1. The van der Waals surface area contributed by atoms with Gasteiger partial charge < -0.3 is 15.8 Å². The van der Waals surface area contributed by atoms with Gasteiger partial charge in [-0.2, -0.15) is 0 Å². The lowest BCUT2D eigenvalue weighted by molar-refractivity contribution is -0.00862. The van der Waals surface area contributed by atoms with E-state index < -0.39 is 0 Å². The minimum Gasteiger partial charge on any atom is -0.398 e. The number of benzene rings is 1. The van der Waals surface area contributed by atoms with Crippen LogP contribution in [0.25, 0.3) is 0 Å². The fourth-order valence-electron chi connectivity index (χ4n) is 2.01. The molecule has 0 aliphatic heterocycles. The number of anilines is 1. The van der Waals surface area contributed by atoms with Crippen LogP contribution in [0.4, 0.5) is 5.69 Å². The molecule has 4 nitrogen and oxygen atoms in total. The molecule has 0 atom stereocenters. The second-order valence-corrected chi connectivity index (χ2v) is 4.86. The van der Waals surface area contributed by atoms with Gasteiger partial charge >= 0.3 is 0 Å². The highest BCUT2D eigenvalue weighted by molar-refractivity contribution is 6.33. The van der Waals surface area contributed by atoms with Gasteiger partial charge in [-0.05, 0) is 38.0 Å². The molecule has 5 heteroatoms. The smallest absolute Gasteiger partial charge is 0.251 e. The summed E-state index contributed by atoms with van der Waals surface area (Å²) in [6.45, 7) is 2.70. The van der Waals surface area contributed by atoms with Crippen LogP contribution in [0, 0.1) is 0 Å². The Morgan fingerprint density at radius 3 is 2.89 bits per heavy atom. The molecular weight excluding hydrogens is 252 g/mol. The summed E-state index contributed by atoms with van der Waals surface area (Å²) in [4.78, 5) is 11.9. The van der Waals surface area contributed by atoms with Crippen LogP contribution in [0.1, 0.15) is 30.1 Å². The number of carbonyl (C=O) groups is 1. The molecule has 0 radical (unpaired) electrons. The molecule has 0 aromatic heterocycles. The maximum Gasteiger partial charge on any atom is 0.251 e. The van der Waals surface area contributed by atoms with Gasteiger partial charge in [-0.3, -0.25) is 4.79 Å². The third-order valence-electron chi connectivity index (χ3n) is 3.09. The van der Waals surface area contributed by atoms with Crippen molar-refractivity contribution in [2.75, 3.05) is 12.3 Å². The van der Waals surface area contributed by atoms with Crippen LogP contribution in [0.15, 0.2) is 18.2 Å². The van der Waals surface area contributed by atoms with Crippen molar-refractivity contribution >= 4 is 23.2 Å². The highest BCUT2D eigenvalue weighted by atomic mass is 35.5. The Kier molecular flexibility index (Phi) is 4.09. The van der Waals surface area contributed by atoms with Crippen molar-refractivity contribution in [3.8, 4) is 0 Å². The van der Waals surface area contributed by atoms with Crippen molar-refractivity contribution in [2.45, 2.75) is 31.9 Å². The van der Waals surface area contributed by atoms with Gasteiger partial charge in [0.15, 0.2) is 0 Å². The molecule has 1 fully saturated rings. The minimum atomic E-state index is -0.113. The summed E-state index contributed by atoms with van der Waals surface area (Å²) in [6.07, 6.45) is 2.04. The Morgan fingerprint density at radius 2 is 2.28 bits per heavy atom. The molecular formula is C13H17ClN2O2. The van der Waals surface area contributed by atoms with Gasteiger partial charge in [-0.25, -0.2) is 0 Å². The molecule has 0 bridgehead atoms. The van der Waals surface area contributed by atoms with Gasteiger partial charge in [0.1, 0.15) is 0 Å². The summed E-state index contributed by atoms with van der Waals surface area (Å²) in [5.74, 6) is -0.113. The summed E-state index contributed by atoms with van der Waals surface area (Å²) in [7, 11) is 0. The van der Waals surface area contributed by atoms with E-state index in [4.69, 9.17) is 22.1 Å². The molecule has 1 saturated carbocycles. The average molecular weight is 269 g/mol. The average Bonchev–Trinajstić information content (AvgIpc) is 2.30. The molecule has 0 saturated heterocycles. The number of nitrogens with two attached hydrogens (primary N) is 1. The summed E-state index contributed by atoms with van der Waals surface area (Å²) < 4.78 is 5.44. The molecule has 1 aromatic rings. The van der Waals surface area contributed by atoms with Crippen molar-refractivity contribution in [1.29, 1.82) is 0 Å². The molecule has 0 heterocycles. The SMILES string of the molecule is CCOC1CC(NC(=O)c2ccc(Cl)c(N)c2)C1. The third kappa shape index (κ3) is 2.94. The first-order chi connectivity index (χ1) is 8.60. The molecule has 1 aromatic carbocycles. The maximum atomic E-state index is 11.9. The van der Waals surface area contributed by atoms with Crippen LogP contribution in [-0.2, 0) is 4.74 Å². The number of amides is 1. The van der Waals surface area contributed by atoms with Crippen molar-refractivity contribution in [2.24, 2.45) is 0 Å². The van der Waals surface area contributed by atoms with E-state index in [0.717, 1.165) is 19.4 Å². The monoisotopic (exact) mass is 268 g/mol. The second-order valence-electron chi connectivity index (χ2n) is 4.46. The standard InChI is InChI=1S/C13H17ClN2O2/c1-2-18-10-6-9(7-10)16-13(17)8-3-4-11(14)12(15)5-8/h3-5,9-10H,2,6-7,15H2,1H3,(H,16,17). The lowest BCUT2D eigenvalue weighted by Gasteiger charge is -2.35. The van der Waals surface area contributed by atoms with Crippen molar-refractivity contribution in [3.63, 3.8) is 0 Å². The molecule has 1 aliphatic carbocycles. The van der Waals surface area contributed by atoms with Gasteiger partial charge in [0.05, 0.1) is 16.8 Å². The molecule has 2 rings (SSSR count). The predicted molar refractivity (Wildman–Crippen MR) is 71.8 cm³/mol. The first-order valence-corrected chi connectivity index (χ1v) is 6.45. The Morgan fingerprint density at radius 1 is 1.56 bits per heavy atom. The van der Waals surface area contributed by atoms with Crippen molar-refractivity contribution < 1.29 is 9.53 Å².